The molecule has 2 spiro atoms. The molecule has 3 rings (SSSR count). The molecule has 0 heterocycles. The molecule has 0 unspecified atom stereocenters. The lowest BCUT2D eigenvalue weighted by molar-refractivity contribution is -0.0595. The van der Waals surface area contributed by atoms with Crippen molar-refractivity contribution in [3.63, 3.8) is 0 Å². The number of rotatable bonds is 0. The molecule has 0 aromatic rings. The van der Waals surface area contributed by atoms with E-state index in [4.69, 9.17) is 0 Å². The molecule has 0 aromatic carbocycles. The lowest BCUT2D eigenvalue weighted by Gasteiger charge is -2.57. The van der Waals surface area contributed by atoms with Crippen molar-refractivity contribution >= 4 is 0 Å². The first kappa shape index (κ1) is 15.9. The highest BCUT2D eigenvalue weighted by molar-refractivity contribution is 5.02. The first-order chi connectivity index (χ1) is 9.64. The van der Waals surface area contributed by atoms with Crippen molar-refractivity contribution in [1.82, 2.24) is 0 Å². The van der Waals surface area contributed by atoms with Crippen LogP contribution in [0.15, 0.2) is 0 Å². The summed E-state index contributed by atoms with van der Waals surface area (Å²) in [5.74, 6) is 0.999. The molecule has 3 aliphatic rings. The van der Waals surface area contributed by atoms with E-state index >= 15 is 0 Å². The van der Waals surface area contributed by atoms with Gasteiger partial charge in [0.25, 0.3) is 0 Å². The van der Waals surface area contributed by atoms with Crippen LogP contribution in [-0.4, -0.2) is 0 Å². The zero-order valence-corrected chi connectivity index (χ0v) is 15.4. The molecule has 0 saturated heterocycles. The van der Waals surface area contributed by atoms with Gasteiger partial charge in [0.15, 0.2) is 0 Å². The molecule has 3 fully saturated rings. The summed E-state index contributed by atoms with van der Waals surface area (Å²) in [6, 6.07) is 0. The summed E-state index contributed by atoms with van der Waals surface area (Å²) < 4.78 is 0. The average Bonchev–Trinajstić information content (AvgIpc) is 2.33. The van der Waals surface area contributed by atoms with E-state index in [1.165, 1.54) is 57.8 Å². The third-order valence-electron chi connectivity index (χ3n) is 7.37. The van der Waals surface area contributed by atoms with E-state index < -0.39 is 0 Å². The molecule has 3 aliphatic carbocycles. The molecule has 0 heteroatoms. The van der Waals surface area contributed by atoms with Gasteiger partial charge >= 0.3 is 0 Å². The molecule has 0 atom stereocenters. The summed E-state index contributed by atoms with van der Waals surface area (Å²) in [4.78, 5) is 0. The third-order valence-corrected chi connectivity index (χ3v) is 7.37. The minimum Gasteiger partial charge on any atom is -0.0625 e. The first-order valence-corrected chi connectivity index (χ1v) is 9.64. The normalized spacial score (nSPS) is 34.1. The average molecular weight is 291 g/mol. The van der Waals surface area contributed by atoms with Crippen molar-refractivity contribution in [2.45, 2.75) is 105 Å². The van der Waals surface area contributed by atoms with E-state index in [-0.39, 0.29) is 0 Å². The Morgan fingerprint density at radius 2 is 1.00 bits per heavy atom. The minimum absolute atomic E-state index is 0.563. The second kappa shape index (κ2) is 5.00. The Kier molecular flexibility index (Phi) is 3.78. The first-order valence-electron chi connectivity index (χ1n) is 9.64. The van der Waals surface area contributed by atoms with Crippen molar-refractivity contribution in [2.24, 2.45) is 27.6 Å². The molecule has 0 N–H and O–H groups in total. The predicted molar refractivity (Wildman–Crippen MR) is 92.4 cm³/mol. The van der Waals surface area contributed by atoms with Gasteiger partial charge in [-0.2, -0.15) is 0 Å². The third kappa shape index (κ3) is 3.35. The molecule has 0 nitrogen and oxygen atoms in total. The fourth-order valence-corrected chi connectivity index (χ4v) is 7.05. The van der Waals surface area contributed by atoms with Crippen LogP contribution in [0.3, 0.4) is 0 Å². The van der Waals surface area contributed by atoms with Gasteiger partial charge in [0, 0.05) is 0 Å². The van der Waals surface area contributed by atoms with E-state index in [0.717, 1.165) is 11.3 Å². The van der Waals surface area contributed by atoms with Gasteiger partial charge in [-0.25, -0.2) is 0 Å². The monoisotopic (exact) mass is 290 g/mol. The van der Waals surface area contributed by atoms with Crippen LogP contribution < -0.4 is 0 Å². The van der Waals surface area contributed by atoms with Crippen LogP contribution in [0.25, 0.3) is 0 Å². The molecule has 3 saturated carbocycles. The lowest BCUT2D eigenvalue weighted by atomic mass is 9.48. The molecule has 21 heavy (non-hydrogen) atoms. The van der Waals surface area contributed by atoms with Crippen LogP contribution in [0.4, 0.5) is 0 Å². The van der Waals surface area contributed by atoms with E-state index in [1.54, 1.807) is 12.8 Å². The van der Waals surface area contributed by atoms with Gasteiger partial charge < -0.3 is 0 Å². The Labute approximate surface area is 133 Å². The predicted octanol–water partition coefficient (Wildman–Crippen LogP) is 6.98. The number of hydrogen-bond acceptors (Lipinski definition) is 0. The molecule has 0 radical (unpaired) electrons. The van der Waals surface area contributed by atoms with Crippen molar-refractivity contribution in [2.75, 3.05) is 0 Å². The molecule has 0 aromatic heterocycles. The van der Waals surface area contributed by atoms with E-state index in [9.17, 15) is 0 Å². The zero-order chi connectivity index (χ0) is 15.4. The summed E-state index contributed by atoms with van der Waals surface area (Å²) in [5, 5.41) is 0. The molecular formula is C21H38. The highest BCUT2D eigenvalue weighted by Gasteiger charge is 2.51. The Bertz CT molecular complexity index is 351. The summed E-state index contributed by atoms with van der Waals surface area (Å²) in [7, 11) is 0. The van der Waals surface area contributed by atoms with Gasteiger partial charge in [-0.1, -0.05) is 47.5 Å². The summed E-state index contributed by atoms with van der Waals surface area (Å²) in [6.45, 7) is 12.6. The lowest BCUT2D eigenvalue weighted by Crippen LogP contribution is -2.45. The maximum atomic E-state index is 2.53. The second-order valence-corrected chi connectivity index (χ2v) is 11.0. The van der Waals surface area contributed by atoms with E-state index in [1.807, 2.05) is 0 Å². The van der Waals surface area contributed by atoms with Crippen molar-refractivity contribution in [3.8, 4) is 0 Å². The highest BCUT2D eigenvalue weighted by atomic mass is 14.6. The SMILES string of the molecule is CC1CCC2(CC1)CCC1(CC2)CC(C)(C)CC(C)(C)C1. The van der Waals surface area contributed by atoms with Gasteiger partial charge in [-0.05, 0) is 85.4 Å². The van der Waals surface area contributed by atoms with Gasteiger partial charge in [0.05, 0.1) is 0 Å². The second-order valence-electron chi connectivity index (χ2n) is 11.0. The Morgan fingerprint density at radius 3 is 1.48 bits per heavy atom. The maximum absolute atomic E-state index is 2.53. The minimum atomic E-state index is 0.563. The molecular weight excluding hydrogens is 252 g/mol. The van der Waals surface area contributed by atoms with Crippen molar-refractivity contribution < 1.29 is 0 Å². The van der Waals surface area contributed by atoms with E-state index in [0.29, 0.717) is 16.2 Å². The van der Waals surface area contributed by atoms with Crippen LogP contribution in [0.5, 0.6) is 0 Å². The van der Waals surface area contributed by atoms with Crippen molar-refractivity contribution in [3.05, 3.63) is 0 Å². The summed E-state index contributed by atoms with van der Waals surface area (Å²) in [5.41, 5.74) is 2.59. The molecule has 0 aliphatic heterocycles. The van der Waals surface area contributed by atoms with Gasteiger partial charge in [-0.3, -0.25) is 0 Å². The van der Waals surface area contributed by atoms with Gasteiger partial charge in [0.1, 0.15) is 0 Å². The fraction of sp³-hybridized carbons (Fsp3) is 1.00. The summed E-state index contributed by atoms with van der Waals surface area (Å²) >= 11 is 0. The Balaban J connectivity index is 1.69. The smallest absolute Gasteiger partial charge is 0.0287 e. The maximum Gasteiger partial charge on any atom is -0.0287 e. The number of hydrogen-bond donors (Lipinski definition) is 0. The van der Waals surface area contributed by atoms with Gasteiger partial charge in [-0.15, -0.1) is 0 Å². The zero-order valence-electron chi connectivity index (χ0n) is 15.4. The highest BCUT2D eigenvalue weighted by Crippen LogP contribution is 2.63. The van der Waals surface area contributed by atoms with Crippen LogP contribution in [-0.2, 0) is 0 Å². The van der Waals surface area contributed by atoms with Crippen LogP contribution in [0.1, 0.15) is 105 Å². The standard InChI is InChI=1S/C21H38/c1-17-6-8-20(9-7-17)10-12-21(13-11-20)15-18(2,3)14-19(4,5)16-21/h17H,6-16H2,1-5H3. The molecule has 0 amide bonds. The topological polar surface area (TPSA) is 0 Å². The van der Waals surface area contributed by atoms with Crippen molar-refractivity contribution in [1.29, 1.82) is 0 Å². The van der Waals surface area contributed by atoms with Gasteiger partial charge in [0.2, 0.25) is 0 Å². The van der Waals surface area contributed by atoms with E-state index in [2.05, 4.69) is 34.6 Å². The molecule has 0 bridgehead atoms. The van der Waals surface area contributed by atoms with Crippen LogP contribution in [0.2, 0.25) is 0 Å². The fourth-order valence-electron chi connectivity index (χ4n) is 7.05. The Hall–Kier alpha value is 0. The van der Waals surface area contributed by atoms with Crippen LogP contribution in [0, 0.1) is 27.6 Å². The quantitative estimate of drug-likeness (QED) is 0.451. The molecule has 122 valence electrons. The van der Waals surface area contributed by atoms with Crippen LogP contribution >= 0.6 is 0 Å². The summed E-state index contributed by atoms with van der Waals surface area (Å²) in [6.07, 6.45) is 16.7. The largest absolute Gasteiger partial charge is 0.0625 e. The Morgan fingerprint density at radius 1 is 0.571 bits per heavy atom.